The van der Waals surface area contributed by atoms with E-state index in [-0.39, 0.29) is 0 Å². The lowest BCUT2D eigenvalue weighted by Gasteiger charge is -1.66. The van der Waals surface area contributed by atoms with E-state index in [2.05, 4.69) is 27.5 Å². The zero-order chi connectivity index (χ0) is 3.41. The average Bonchev–Trinajstić information content (AvgIpc) is 1.37. The van der Waals surface area contributed by atoms with Gasteiger partial charge in [0, 0.05) is 21.2 Å². The van der Waals surface area contributed by atoms with E-state index in [1.54, 1.807) is 18.8 Å². The van der Waals surface area contributed by atoms with Gasteiger partial charge in [-0.1, -0.05) is 10.8 Å². The maximum absolute atomic E-state index is 2.23. The summed E-state index contributed by atoms with van der Waals surface area (Å²) in [6.07, 6.45) is 2.05. The zero-order valence-electron chi connectivity index (χ0n) is 2.19. The highest BCUT2D eigenvalue weighted by Gasteiger charge is 1.58. The van der Waals surface area contributed by atoms with Gasteiger partial charge in [0.2, 0.25) is 0 Å². The normalized spacial score (nSPS) is 7.50. The summed E-state index contributed by atoms with van der Waals surface area (Å²) in [6.45, 7) is 0. The van der Waals surface area contributed by atoms with Gasteiger partial charge in [0.05, 0.1) is 0 Å². The van der Waals surface area contributed by atoms with Gasteiger partial charge in [-0.2, -0.15) is 0 Å². The van der Waals surface area contributed by atoms with Crippen molar-refractivity contribution in [2.24, 2.45) is 0 Å². The fourth-order valence-electron chi connectivity index (χ4n) is 0. The molecule has 0 saturated carbocycles. The predicted molar refractivity (Wildman–Crippen MR) is 35.1 cm³/mol. The minimum atomic E-state index is 1.74. The van der Waals surface area contributed by atoms with Crippen molar-refractivity contribution in [1.29, 1.82) is 0 Å². The van der Waals surface area contributed by atoms with E-state index >= 15 is 0 Å². The lowest BCUT2D eigenvalue weighted by Crippen LogP contribution is -1.16. The molecule has 0 aliphatic rings. The first-order chi connectivity index (χ1) is 1.91. The Morgan fingerprint density at radius 2 is 2.00 bits per heavy atom. The fraction of sp³-hybridized carbons (Fsp3) is 1.00. The van der Waals surface area contributed by atoms with Crippen molar-refractivity contribution in [3.05, 3.63) is 0 Å². The molecule has 0 heterocycles. The zero-order valence-corrected chi connectivity index (χ0v) is 5.98. The number of hydrogen-bond acceptors (Lipinski definition) is 2. The van der Waals surface area contributed by atoms with Crippen molar-refractivity contribution in [3.8, 4) is 0 Å². The van der Waals surface area contributed by atoms with Gasteiger partial charge < -0.3 is 0 Å². The van der Waals surface area contributed by atoms with E-state index in [9.17, 15) is 0 Å². The van der Waals surface area contributed by atoms with Crippen LogP contribution in [0, 0.1) is 0 Å². The third-order valence-corrected chi connectivity index (χ3v) is 3.80. The second-order valence-corrected chi connectivity index (χ2v) is 5.30. The standard InChI is InChI=1S/CH3IS2/c1-3-4-2/h1H3. The molecule has 0 atom stereocenters. The summed E-state index contributed by atoms with van der Waals surface area (Å²) in [4.78, 5) is 0. The van der Waals surface area contributed by atoms with Crippen LogP contribution in [0.4, 0.5) is 0 Å². The van der Waals surface area contributed by atoms with Gasteiger partial charge in [0.25, 0.3) is 0 Å². The van der Waals surface area contributed by atoms with Gasteiger partial charge in [-0.15, -0.1) is 0 Å². The molecule has 0 aromatic heterocycles. The number of hydrogen-bond donors (Lipinski definition) is 0. The summed E-state index contributed by atoms with van der Waals surface area (Å²) >= 11 is 2.23. The number of rotatable bonds is 1. The summed E-state index contributed by atoms with van der Waals surface area (Å²) < 4.78 is 0. The molecule has 0 aliphatic carbocycles. The molecular weight excluding hydrogens is 203 g/mol. The minimum absolute atomic E-state index is 1.74. The van der Waals surface area contributed by atoms with Gasteiger partial charge >= 0.3 is 0 Å². The topological polar surface area (TPSA) is 0 Å². The van der Waals surface area contributed by atoms with E-state index in [1.165, 1.54) is 0 Å². The van der Waals surface area contributed by atoms with Crippen LogP contribution in [-0.4, -0.2) is 6.26 Å². The monoisotopic (exact) mass is 206 g/mol. The molecule has 0 nitrogen and oxygen atoms in total. The highest BCUT2D eigenvalue weighted by atomic mass is 127. The van der Waals surface area contributed by atoms with Crippen LogP contribution in [0.5, 0.6) is 0 Å². The van der Waals surface area contributed by atoms with Gasteiger partial charge in [0.1, 0.15) is 0 Å². The second kappa shape index (κ2) is 4.43. The van der Waals surface area contributed by atoms with Crippen LogP contribution in [0.15, 0.2) is 0 Å². The van der Waals surface area contributed by atoms with E-state index in [0.29, 0.717) is 0 Å². The minimum Gasteiger partial charge on any atom is -0.0865 e. The Hall–Kier alpha value is 1.43. The van der Waals surface area contributed by atoms with Crippen LogP contribution in [0.1, 0.15) is 0 Å². The predicted octanol–water partition coefficient (Wildman–Crippen LogP) is 2.35. The van der Waals surface area contributed by atoms with Crippen molar-refractivity contribution in [1.82, 2.24) is 0 Å². The molecule has 0 rings (SSSR count). The lowest BCUT2D eigenvalue weighted by molar-refractivity contribution is 2.55. The SMILES string of the molecule is CSSI. The lowest BCUT2D eigenvalue weighted by atomic mass is 12.0. The summed E-state index contributed by atoms with van der Waals surface area (Å²) in [5.41, 5.74) is 0. The maximum atomic E-state index is 2.23. The van der Waals surface area contributed by atoms with E-state index in [1.807, 2.05) is 0 Å². The van der Waals surface area contributed by atoms with Gasteiger partial charge in [-0.05, 0) is 14.2 Å². The molecule has 0 amide bonds. The van der Waals surface area contributed by atoms with Crippen LogP contribution in [-0.2, 0) is 0 Å². The Labute approximate surface area is 46.1 Å². The van der Waals surface area contributed by atoms with Crippen molar-refractivity contribution in [3.63, 3.8) is 0 Å². The van der Waals surface area contributed by atoms with Crippen molar-refractivity contribution >= 4 is 40.0 Å². The molecule has 0 spiro atoms. The summed E-state index contributed by atoms with van der Waals surface area (Å²) in [5, 5.41) is 0. The van der Waals surface area contributed by atoms with Crippen LogP contribution in [0.2, 0.25) is 0 Å². The van der Waals surface area contributed by atoms with Gasteiger partial charge in [0.15, 0.2) is 0 Å². The van der Waals surface area contributed by atoms with Crippen LogP contribution in [0.3, 0.4) is 0 Å². The maximum Gasteiger partial charge on any atom is 0.00849 e. The van der Waals surface area contributed by atoms with E-state index < -0.39 is 0 Å². The van der Waals surface area contributed by atoms with Gasteiger partial charge in [-0.25, -0.2) is 0 Å². The molecule has 0 aromatic rings. The molecule has 0 fully saturated rings. The summed E-state index contributed by atoms with van der Waals surface area (Å²) in [7, 11) is 3.50. The molecule has 26 valence electrons. The first-order valence-corrected chi connectivity index (χ1v) is 5.83. The molecule has 4 heavy (non-hydrogen) atoms. The molecule has 0 N–H and O–H groups in total. The Balaban J connectivity index is 1.97. The Kier molecular flexibility index (Phi) is 6.01. The van der Waals surface area contributed by atoms with Crippen LogP contribution in [0.25, 0.3) is 0 Å². The summed E-state index contributed by atoms with van der Waals surface area (Å²) in [5.74, 6) is 0. The summed E-state index contributed by atoms with van der Waals surface area (Å²) in [6, 6.07) is 0. The van der Waals surface area contributed by atoms with E-state index in [4.69, 9.17) is 0 Å². The third-order valence-electron chi connectivity index (χ3n) is 0.0630. The Bertz CT molecular complexity index is 8.00. The Morgan fingerprint density at radius 1 is 1.75 bits per heavy atom. The quantitative estimate of drug-likeness (QED) is 0.477. The third kappa shape index (κ3) is 3.43. The molecule has 3 heteroatoms. The van der Waals surface area contributed by atoms with Gasteiger partial charge in [-0.3, -0.25) is 0 Å². The second-order valence-electron chi connectivity index (χ2n) is 0.230. The molecule has 0 radical (unpaired) electrons. The molecule has 0 aromatic carbocycles. The molecule has 0 saturated heterocycles. The fourth-order valence-corrected chi connectivity index (χ4v) is 0. The van der Waals surface area contributed by atoms with Crippen molar-refractivity contribution < 1.29 is 0 Å². The molecule has 0 bridgehead atoms. The highest BCUT2D eigenvalue weighted by Crippen LogP contribution is 2.24. The first kappa shape index (κ1) is 5.43. The number of halogens is 1. The largest absolute Gasteiger partial charge is 0.0865 e. The molecular formula is CH3IS2. The Morgan fingerprint density at radius 3 is 2.00 bits per heavy atom. The van der Waals surface area contributed by atoms with E-state index in [0.717, 1.165) is 0 Å². The van der Waals surface area contributed by atoms with Crippen LogP contribution < -0.4 is 0 Å². The molecule has 0 unspecified atom stereocenters. The first-order valence-electron chi connectivity index (χ1n) is 0.729. The molecule has 0 aliphatic heterocycles. The highest BCUT2D eigenvalue weighted by molar-refractivity contribution is 14.2. The van der Waals surface area contributed by atoms with Crippen molar-refractivity contribution in [2.45, 2.75) is 0 Å². The smallest absolute Gasteiger partial charge is 0.00849 e. The van der Waals surface area contributed by atoms with Crippen LogP contribution >= 0.6 is 40.0 Å². The average molecular weight is 206 g/mol. The van der Waals surface area contributed by atoms with Crippen molar-refractivity contribution in [2.75, 3.05) is 6.26 Å².